The number of rotatable bonds is 3. The van der Waals surface area contributed by atoms with Crippen LogP contribution in [0.15, 0.2) is 28.8 Å². The third-order valence-electron chi connectivity index (χ3n) is 3.72. The molecule has 1 N–H and O–H groups in total. The minimum atomic E-state index is 0.590. The van der Waals surface area contributed by atoms with Crippen LogP contribution in [0.3, 0.4) is 0 Å². The van der Waals surface area contributed by atoms with Crippen molar-refractivity contribution >= 4 is 11.6 Å². The topological polar surface area (TPSA) is 54.2 Å². The Morgan fingerprint density at radius 2 is 1.75 bits per heavy atom. The average molecular weight is 272 g/mol. The predicted molar refractivity (Wildman–Crippen MR) is 80.0 cm³/mol. The fraction of sp³-hybridized carbons (Fsp3) is 0.467. The molecule has 1 aromatic heterocycles. The molecule has 106 valence electrons. The van der Waals surface area contributed by atoms with Gasteiger partial charge in [0.15, 0.2) is 0 Å². The Kier molecular flexibility index (Phi) is 3.85. The van der Waals surface area contributed by atoms with E-state index in [1.54, 1.807) is 0 Å². The number of nitrogens with zero attached hydrogens (tertiary/aromatic N) is 3. The van der Waals surface area contributed by atoms with Gasteiger partial charge in [0.05, 0.1) is 0 Å². The van der Waals surface area contributed by atoms with Crippen molar-refractivity contribution in [2.75, 3.05) is 30.4 Å². The van der Waals surface area contributed by atoms with Gasteiger partial charge in [0.25, 0.3) is 11.8 Å². The van der Waals surface area contributed by atoms with E-state index in [9.17, 15) is 0 Å². The lowest BCUT2D eigenvalue weighted by Crippen LogP contribution is -2.24. The van der Waals surface area contributed by atoms with Crippen molar-refractivity contribution in [3.8, 4) is 11.5 Å². The first-order valence-corrected chi connectivity index (χ1v) is 7.23. The van der Waals surface area contributed by atoms with Gasteiger partial charge in [-0.15, -0.1) is 0 Å². The van der Waals surface area contributed by atoms with Crippen LogP contribution in [0, 0.1) is 0 Å². The second-order valence-electron chi connectivity index (χ2n) is 5.13. The zero-order valence-electron chi connectivity index (χ0n) is 11.8. The van der Waals surface area contributed by atoms with Gasteiger partial charge in [0.2, 0.25) is 0 Å². The molecule has 3 rings (SSSR count). The zero-order chi connectivity index (χ0) is 13.8. The molecule has 2 aromatic rings. The summed E-state index contributed by atoms with van der Waals surface area (Å²) >= 11 is 0. The summed E-state index contributed by atoms with van der Waals surface area (Å²) in [5, 5.41) is 7.22. The van der Waals surface area contributed by atoms with Gasteiger partial charge in [0, 0.05) is 31.4 Å². The molecule has 0 bridgehead atoms. The molecule has 5 nitrogen and oxygen atoms in total. The van der Waals surface area contributed by atoms with Gasteiger partial charge in [-0.3, -0.25) is 0 Å². The van der Waals surface area contributed by atoms with Crippen molar-refractivity contribution in [2.24, 2.45) is 0 Å². The molecule has 1 fully saturated rings. The van der Waals surface area contributed by atoms with E-state index in [4.69, 9.17) is 4.52 Å². The smallest absolute Gasteiger partial charge is 0.266 e. The van der Waals surface area contributed by atoms with Gasteiger partial charge < -0.3 is 14.7 Å². The summed E-state index contributed by atoms with van der Waals surface area (Å²) in [5.74, 6) is 1.31. The fourth-order valence-corrected chi connectivity index (χ4v) is 2.51. The SMILES string of the molecule is CNc1ccc(-c2nc(N3CCCCCC3)no2)cc1. The number of aromatic nitrogens is 2. The predicted octanol–water partition coefficient (Wildman–Crippen LogP) is 3.16. The standard InChI is InChI=1S/C15H20N4O/c1-16-13-8-6-12(7-9-13)14-17-15(18-20-14)19-10-4-2-3-5-11-19/h6-9,16H,2-5,10-11H2,1H3. The third-order valence-corrected chi connectivity index (χ3v) is 3.72. The minimum absolute atomic E-state index is 0.590. The van der Waals surface area contributed by atoms with E-state index in [0.29, 0.717) is 5.89 Å². The van der Waals surface area contributed by atoms with E-state index in [-0.39, 0.29) is 0 Å². The first kappa shape index (κ1) is 13.0. The number of hydrogen-bond donors (Lipinski definition) is 1. The highest BCUT2D eigenvalue weighted by Crippen LogP contribution is 2.23. The number of hydrogen-bond acceptors (Lipinski definition) is 5. The van der Waals surface area contributed by atoms with E-state index in [0.717, 1.165) is 30.3 Å². The molecule has 1 aromatic carbocycles. The summed E-state index contributed by atoms with van der Waals surface area (Å²) in [6.07, 6.45) is 5.01. The Balaban J connectivity index is 1.78. The summed E-state index contributed by atoms with van der Waals surface area (Å²) in [6.45, 7) is 2.05. The second-order valence-corrected chi connectivity index (χ2v) is 5.13. The van der Waals surface area contributed by atoms with Gasteiger partial charge in [-0.25, -0.2) is 0 Å². The molecule has 2 heterocycles. The van der Waals surface area contributed by atoms with Crippen LogP contribution in [0.1, 0.15) is 25.7 Å². The van der Waals surface area contributed by atoms with Crippen LogP contribution >= 0.6 is 0 Å². The lowest BCUT2D eigenvalue weighted by atomic mass is 10.2. The third kappa shape index (κ3) is 2.76. The molecule has 0 saturated carbocycles. The minimum Gasteiger partial charge on any atom is -0.388 e. The summed E-state index contributed by atoms with van der Waals surface area (Å²) in [6, 6.07) is 7.99. The van der Waals surface area contributed by atoms with Crippen molar-refractivity contribution in [1.29, 1.82) is 0 Å². The Hall–Kier alpha value is -2.04. The number of benzene rings is 1. The van der Waals surface area contributed by atoms with Gasteiger partial charge in [0.1, 0.15) is 0 Å². The van der Waals surface area contributed by atoms with Crippen molar-refractivity contribution in [3.63, 3.8) is 0 Å². The second kappa shape index (κ2) is 5.94. The molecular formula is C15H20N4O. The molecule has 5 heteroatoms. The van der Waals surface area contributed by atoms with Gasteiger partial charge in [-0.1, -0.05) is 12.8 Å². The highest BCUT2D eigenvalue weighted by Gasteiger charge is 2.16. The lowest BCUT2D eigenvalue weighted by molar-refractivity contribution is 0.429. The Bertz CT molecular complexity index is 541. The van der Waals surface area contributed by atoms with Crippen molar-refractivity contribution < 1.29 is 4.52 Å². The molecule has 1 aliphatic heterocycles. The Morgan fingerprint density at radius 3 is 2.40 bits per heavy atom. The van der Waals surface area contributed by atoms with Crippen LogP contribution in [-0.2, 0) is 0 Å². The maximum Gasteiger partial charge on any atom is 0.266 e. The number of nitrogens with one attached hydrogen (secondary N) is 1. The summed E-state index contributed by atoms with van der Waals surface area (Å²) < 4.78 is 5.40. The summed E-state index contributed by atoms with van der Waals surface area (Å²) in [4.78, 5) is 6.75. The molecular weight excluding hydrogens is 252 g/mol. The molecule has 0 spiro atoms. The van der Waals surface area contributed by atoms with Crippen LogP contribution < -0.4 is 10.2 Å². The Morgan fingerprint density at radius 1 is 1.05 bits per heavy atom. The first-order chi connectivity index (χ1) is 9.86. The molecule has 1 saturated heterocycles. The van der Waals surface area contributed by atoms with E-state index in [1.807, 2.05) is 31.3 Å². The van der Waals surface area contributed by atoms with E-state index >= 15 is 0 Å². The average Bonchev–Trinajstić information content (AvgIpc) is 2.83. The fourth-order valence-electron chi connectivity index (χ4n) is 2.51. The molecule has 0 unspecified atom stereocenters. The van der Waals surface area contributed by atoms with E-state index in [2.05, 4.69) is 20.4 Å². The maximum atomic E-state index is 5.40. The highest BCUT2D eigenvalue weighted by molar-refractivity contribution is 5.59. The van der Waals surface area contributed by atoms with E-state index < -0.39 is 0 Å². The molecule has 0 atom stereocenters. The Labute approximate surface area is 119 Å². The zero-order valence-corrected chi connectivity index (χ0v) is 11.8. The highest BCUT2D eigenvalue weighted by atomic mass is 16.5. The van der Waals surface area contributed by atoms with Crippen molar-refractivity contribution in [2.45, 2.75) is 25.7 Å². The normalized spacial score (nSPS) is 15.9. The van der Waals surface area contributed by atoms with E-state index in [1.165, 1.54) is 25.7 Å². The van der Waals surface area contributed by atoms with Crippen LogP contribution in [0.5, 0.6) is 0 Å². The number of anilines is 2. The largest absolute Gasteiger partial charge is 0.388 e. The van der Waals surface area contributed by atoms with Crippen LogP contribution in [0.4, 0.5) is 11.6 Å². The molecule has 0 amide bonds. The van der Waals surface area contributed by atoms with Crippen molar-refractivity contribution in [1.82, 2.24) is 10.1 Å². The summed E-state index contributed by atoms with van der Waals surface area (Å²) in [7, 11) is 1.90. The molecule has 0 radical (unpaired) electrons. The monoisotopic (exact) mass is 272 g/mol. The lowest BCUT2D eigenvalue weighted by Gasteiger charge is -2.16. The summed E-state index contributed by atoms with van der Waals surface area (Å²) in [5.41, 5.74) is 2.03. The first-order valence-electron chi connectivity index (χ1n) is 7.23. The molecule has 1 aliphatic rings. The van der Waals surface area contributed by atoms with Crippen LogP contribution in [0.2, 0.25) is 0 Å². The van der Waals surface area contributed by atoms with Crippen LogP contribution in [-0.4, -0.2) is 30.3 Å². The van der Waals surface area contributed by atoms with Gasteiger partial charge in [-0.2, -0.15) is 4.98 Å². The van der Waals surface area contributed by atoms with Gasteiger partial charge in [-0.05, 0) is 42.3 Å². The van der Waals surface area contributed by atoms with Crippen LogP contribution in [0.25, 0.3) is 11.5 Å². The quantitative estimate of drug-likeness (QED) is 0.930. The maximum absolute atomic E-state index is 5.40. The molecule has 20 heavy (non-hydrogen) atoms. The molecule has 0 aliphatic carbocycles. The van der Waals surface area contributed by atoms with Crippen molar-refractivity contribution in [3.05, 3.63) is 24.3 Å². The van der Waals surface area contributed by atoms with Gasteiger partial charge >= 0.3 is 0 Å².